The van der Waals surface area contributed by atoms with E-state index in [9.17, 15) is 4.79 Å². The maximum Gasteiger partial charge on any atom is 0.272 e. The lowest BCUT2D eigenvalue weighted by Crippen LogP contribution is -2.39. The number of halogens is 2. The second kappa shape index (κ2) is 9.73. The van der Waals surface area contributed by atoms with Crippen molar-refractivity contribution in [2.45, 2.75) is 39.2 Å². The van der Waals surface area contributed by atoms with Crippen LogP contribution in [0.25, 0.3) is 10.3 Å². The van der Waals surface area contributed by atoms with Crippen molar-refractivity contribution in [3.63, 3.8) is 0 Å². The van der Waals surface area contributed by atoms with E-state index in [-0.39, 0.29) is 11.6 Å². The number of thioether (sulfide) groups is 2. The summed E-state index contributed by atoms with van der Waals surface area (Å²) in [5.74, 6) is 0. The highest BCUT2D eigenvalue weighted by atomic mass is 35.5. The van der Waals surface area contributed by atoms with Crippen molar-refractivity contribution in [2.24, 2.45) is 4.99 Å². The molecule has 3 aromatic rings. The van der Waals surface area contributed by atoms with Crippen LogP contribution in [0.5, 0.6) is 0 Å². The van der Waals surface area contributed by atoms with Crippen molar-refractivity contribution in [1.29, 1.82) is 0 Å². The third-order valence-electron chi connectivity index (χ3n) is 6.68. The Labute approximate surface area is 231 Å². The molecule has 0 bridgehead atoms. The van der Waals surface area contributed by atoms with Crippen molar-refractivity contribution in [2.75, 3.05) is 0 Å². The second-order valence-electron chi connectivity index (χ2n) is 9.01. The summed E-state index contributed by atoms with van der Waals surface area (Å²) in [6.45, 7) is 4.22. The predicted molar refractivity (Wildman–Crippen MR) is 156 cm³/mol. The van der Waals surface area contributed by atoms with E-state index in [4.69, 9.17) is 28.2 Å². The summed E-state index contributed by atoms with van der Waals surface area (Å²) in [5, 5.41) is 1.41. The zero-order valence-corrected chi connectivity index (χ0v) is 23.6. The largest absolute Gasteiger partial charge is 0.272 e. The van der Waals surface area contributed by atoms with Gasteiger partial charge in [0.05, 0.1) is 16.0 Å². The van der Waals surface area contributed by atoms with Crippen LogP contribution in [0.4, 0.5) is 0 Å². The average Bonchev–Trinajstić information content (AvgIpc) is 3.38. The zero-order chi connectivity index (χ0) is 25.0. The molecule has 8 heteroatoms. The quantitative estimate of drug-likeness (QED) is 0.316. The van der Waals surface area contributed by atoms with Gasteiger partial charge < -0.3 is 0 Å². The van der Waals surface area contributed by atoms with Crippen molar-refractivity contribution in [1.82, 2.24) is 4.57 Å². The van der Waals surface area contributed by atoms with E-state index in [0.717, 1.165) is 54.7 Å². The lowest BCUT2D eigenvalue weighted by molar-refractivity contribution is 0.553. The van der Waals surface area contributed by atoms with Gasteiger partial charge in [-0.1, -0.05) is 82.3 Å². The van der Waals surface area contributed by atoms with Crippen LogP contribution < -0.4 is 14.9 Å². The summed E-state index contributed by atoms with van der Waals surface area (Å²) in [6, 6.07) is 15.6. The molecule has 3 aliphatic rings. The molecule has 3 heterocycles. The number of rotatable bonds is 2. The number of aromatic nitrogens is 1. The van der Waals surface area contributed by atoms with Crippen LogP contribution >= 0.6 is 58.1 Å². The Kier molecular flexibility index (Phi) is 6.59. The van der Waals surface area contributed by atoms with Crippen LogP contribution in [0.15, 0.2) is 85.0 Å². The fraction of sp³-hybridized carbons (Fsp3) is 0.214. The average molecular weight is 570 g/mol. The molecule has 1 unspecified atom stereocenters. The third-order valence-corrected chi connectivity index (χ3v) is 11.1. The maximum atomic E-state index is 13.9. The first-order valence-corrected chi connectivity index (χ1v) is 14.9. The number of fused-ring (bicyclic) bond motifs is 1. The summed E-state index contributed by atoms with van der Waals surface area (Å²) in [4.78, 5) is 22.3. The first-order valence-electron chi connectivity index (χ1n) is 11.7. The van der Waals surface area contributed by atoms with E-state index >= 15 is 0 Å². The first-order chi connectivity index (χ1) is 17.4. The van der Waals surface area contributed by atoms with Crippen molar-refractivity contribution >= 4 is 68.4 Å². The SMILES string of the molecule is CC1=C(C)SC(=c2sc3n(c2=O)C(c2ccc(Cl)cc2)C2=C(N=3)C(=Cc3ccc(Cl)cc3)CCC2)S1. The van der Waals surface area contributed by atoms with Crippen LogP contribution in [-0.2, 0) is 0 Å². The van der Waals surface area contributed by atoms with E-state index in [1.54, 1.807) is 23.5 Å². The van der Waals surface area contributed by atoms with Crippen molar-refractivity contribution < 1.29 is 0 Å². The summed E-state index contributed by atoms with van der Waals surface area (Å²) in [7, 11) is 0. The van der Waals surface area contributed by atoms with Crippen LogP contribution in [0.3, 0.4) is 0 Å². The van der Waals surface area contributed by atoms with Gasteiger partial charge in [0, 0.05) is 10.0 Å². The highest BCUT2D eigenvalue weighted by Gasteiger charge is 2.33. The predicted octanol–water partition coefficient (Wildman–Crippen LogP) is 7.76. The summed E-state index contributed by atoms with van der Waals surface area (Å²) in [5.41, 5.74) is 5.62. The Hall–Kier alpha value is -1.96. The zero-order valence-electron chi connectivity index (χ0n) is 19.7. The van der Waals surface area contributed by atoms with Gasteiger partial charge in [-0.15, -0.1) is 0 Å². The number of benzene rings is 2. The minimum absolute atomic E-state index is 0.0385. The number of hydrogen-bond acceptors (Lipinski definition) is 5. The van der Waals surface area contributed by atoms with Gasteiger partial charge in [-0.3, -0.25) is 9.36 Å². The molecule has 2 aromatic carbocycles. The number of hydrogen-bond donors (Lipinski definition) is 0. The van der Waals surface area contributed by atoms with Gasteiger partial charge >= 0.3 is 0 Å². The Morgan fingerprint density at radius 3 is 2.25 bits per heavy atom. The van der Waals surface area contributed by atoms with E-state index in [0.29, 0.717) is 5.02 Å². The van der Waals surface area contributed by atoms with Crippen molar-refractivity contribution in [3.05, 3.63) is 116 Å². The topological polar surface area (TPSA) is 34.4 Å². The molecule has 1 aliphatic carbocycles. The molecule has 0 amide bonds. The second-order valence-corrected chi connectivity index (χ2v) is 13.6. The van der Waals surface area contributed by atoms with Gasteiger partial charge in [-0.25, -0.2) is 4.99 Å². The van der Waals surface area contributed by atoms with Gasteiger partial charge in [-0.2, -0.15) is 0 Å². The maximum absolute atomic E-state index is 13.9. The molecule has 1 aromatic heterocycles. The lowest BCUT2D eigenvalue weighted by atomic mass is 9.84. The molecule has 182 valence electrons. The monoisotopic (exact) mass is 568 g/mol. The van der Waals surface area contributed by atoms with E-state index in [1.165, 1.54) is 32.3 Å². The number of allylic oxidation sites excluding steroid dienone is 4. The minimum Gasteiger partial charge on any atom is -0.272 e. The Bertz CT molecular complexity index is 1640. The smallest absolute Gasteiger partial charge is 0.272 e. The summed E-state index contributed by atoms with van der Waals surface area (Å²) >= 11 is 17.2. The molecule has 0 N–H and O–H groups in total. The summed E-state index contributed by atoms with van der Waals surface area (Å²) in [6.07, 6.45) is 5.08. The Morgan fingerprint density at radius 1 is 0.944 bits per heavy atom. The van der Waals surface area contributed by atoms with Crippen LogP contribution in [0, 0.1) is 0 Å². The van der Waals surface area contributed by atoms with Gasteiger partial charge in [-0.05, 0) is 95.5 Å². The minimum atomic E-state index is -0.191. The number of nitrogens with zero attached hydrogens (tertiary/aromatic N) is 2. The molecular weight excluding hydrogens is 547 g/mol. The van der Waals surface area contributed by atoms with E-state index in [2.05, 4.69) is 19.9 Å². The normalized spacial score (nSPS) is 20.6. The third kappa shape index (κ3) is 4.37. The summed E-state index contributed by atoms with van der Waals surface area (Å²) < 4.78 is 3.74. The molecule has 36 heavy (non-hydrogen) atoms. The molecular formula is C28H22Cl2N2OS3. The Morgan fingerprint density at radius 2 is 1.58 bits per heavy atom. The molecule has 3 nitrogen and oxygen atoms in total. The lowest BCUT2D eigenvalue weighted by Gasteiger charge is -2.31. The molecule has 1 atom stereocenters. The molecule has 0 saturated heterocycles. The molecule has 6 rings (SSSR count). The van der Waals surface area contributed by atoms with Crippen molar-refractivity contribution in [3.8, 4) is 0 Å². The fourth-order valence-electron chi connectivity index (χ4n) is 4.82. The van der Waals surface area contributed by atoms with Gasteiger partial charge in [0.15, 0.2) is 4.80 Å². The van der Waals surface area contributed by atoms with Crippen LogP contribution in [0.2, 0.25) is 10.0 Å². The first kappa shape index (κ1) is 24.4. The fourth-order valence-corrected chi connectivity index (χ4v) is 8.82. The molecule has 0 saturated carbocycles. The molecule has 0 spiro atoms. The van der Waals surface area contributed by atoms with Crippen LogP contribution in [-0.4, -0.2) is 4.57 Å². The Balaban J connectivity index is 1.58. The molecule has 0 radical (unpaired) electrons. The van der Waals surface area contributed by atoms with Gasteiger partial charge in [0.25, 0.3) is 5.56 Å². The van der Waals surface area contributed by atoms with Gasteiger partial charge in [0.2, 0.25) is 0 Å². The van der Waals surface area contributed by atoms with Crippen LogP contribution in [0.1, 0.15) is 50.3 Å². The highest BCUT2D eigenvalue weighted by Crippen LogP contribution is 2.49. The molecule has 2 aliphatic heterocycles. The van der Waals surface area contributed by atoms with E-state index in [1.807, 2.05) is 53.1 Å². The molecule has 0 fully saturated rings. The highest BCUT2D eigenvalue weighted by molar-refractivity contribution is 8.35. The standard InChI is InChI=1S/C28H22Cl2N2OS3/c1-15-16(2)35-27(34-15)25-26(33)32-24(18-8-12-21(30)13-9-18)22-5-3-4-19(23(22)31-28(32)36-25)14-17-6-10-20(29)11-7-17/h6-14,24H,3-5H2,1-2H3. The van der Waals surface area contributed by atoms with E-state index < -0.39 is 0 Å². The number of thiazole rings is 1. The van der Waals surface area contributed by atoms with Gasteiger partial charge in [0.1, 0.15) is 4.53 Å².